The molecule has 3 atom stereocenters. The van der Waals surface area contributed by atoms with Gasteiger partial charge in [-0.15, -0.1) is 0 Å². The highest BCUT2D eigenvalue weighted by molar-refractivity contribution is 8.32. The Kier molecular flexibility index (Phi) is 13.2. The maximum absolute atomic E-state index is 2.89. The Bertz CT molecular complexity index is 4260. The summed E-state index contributed by atoms with van der Waals surface area (Å²) in [5.74, 6) is 0. The Morgan fingerprint density at radius 2 is 0.977 bits per heavy atom. The molecule has 2 unspecified atom stereocenters. The zero-order valence-corrected chi connectivity index (χ0v) is 56.5. The van der Waals surface area contributed by atoms with Crippen LogP contribution in [0.5, 0.6) is 0 Å². The van der Waals surface area contributed by atoms with Crippen LogP contribution in [-0.2, 0) is 21.7 Å². The number of hydrogen-bond donors (Lipinski definition) is 0. The molecule has 0 aromatic heterocycles. The van der Waals surface area contributed by atoms with Crippen LogP contribution >= 0.6 is 10.0 Å². The van der Waals surface area contributed by atoms with Gasteiger partial charge in [-0.3, -0.25) is 0 Å². The minimum Gasteiger partial charge on any atom is -0.334 e. The number of rotatable bonds is 8. The number of hydrogen-bond acceptors (Lipinski definition) is 3. The molecule has 3 heterocycles. The Morgan fingerprint density at radius 1 is 0.432 bits per heavy atom. The van der Waals surface area contributed by atoms with E-state index in [1.165, 1.54) is 117 Å². The fourth-order valence-corrected chi connectivity index (χ4v) is 17.8. The summed E-state index contributed by atoms with van der Waals surface area (Å²) in [6.07, 6.45) is 11.9. The van der Waals surface area contributed by atoms with Crippen LogP contribution in [0, 0.1) is 10.8 Å². The van der Waals surface area contributed by atoms with Crippen LogP contribution in [-0.4, -0.2) is 31.0 Å². The molecule has 1 fully saturated rings. The average molecular weight is 1170 g/mol. The normalized spacial score (nSPS) is 21.3. The average Bonchev–Trinajstić information content (AvgIpc) is 1.46. The Labute approximate surface area is 530 Å². The molecular formula is C83H92BN3S. The van der Waals surface area contributed by atoms with Crippen molar-refractivity contribution >= 4 is 78.6 Å². The predicted octanol–water partition coefficient (Wildman–Crippen LogP) is 21.2. The van der Waals surface area contributed by atoms with Crippen molar-refractivity contribution in [2.24, 2.45) is 10.8 Å². The highest BCUT2D eigenvalue weighted by atomic mass is 32.3. The van der Waals surface area contributed by atoms with Crippen molar-refractivity contribution in [3.63, 3.8) is 0 Å². The van der Waals surface area contributed by atoms with Crippen molar-refractivity contribution < 1.29 is 0 Å². The standard InChI is InChI=1S/C83H92BN3S/c1-54(88(15,16)17)58-37-40-71-67(45-58)82(13)52-80(9,10)81(11,12)53-83(82,14)87(71)63-48-74-76-75(49-63)86(70-41-38-61(77(2,3)4)47-64(70)57-32-25-20-26-33-57)73-51-66-65(78(5,6)42-43-79(66,7)8)50-69(73)84(76)68-39-36-60(56-30-23-19-24-31-56)46-72(68)85(74)62-35-27-34-59(44-62)55-28-21-18-22-29-55/h18-41,44-51,54H,42-43,52-53H2,1-17H3/t54-,82?,83?/m1/s1. The summed E-state index contributed by atoms with van der Waals surface area (Å²) in [6.45, 7) is 35.1. The zero-order valence-electron chi connectivity index (χ0n) is 55.7. The Hall–Kier alpha value is -7.21. The predicted molar refractivity (Wildman–Crippen MR) is 386 cm³/mol. The van der Waals surface area contributed by atoms with E-state index in [4.69, 9.17) is 0 Å². The highest BCUT2D eigenvalue weighted by Gasteiger charge is 2.65. The van der Waals surface area contributed by atoms with Gasteiger partial charge in [0.25, 0.3) is 6.71 Å². The minimum absolute atomic E-state index is 0.0146. The molecule has 0 N–H and O–H groups in total. The van der Waals surface area contributed by atoms with E-state index >= 15 is 0 Å². The summed E-state index contributed by atoms with van der Waals surface area (Å²) in [5.41, 5.74) is 28.1. The van der Waals surface area contributed by atoms with Crippen molar-refractivity contribution in [2.75, 3.05) is 33.5 Å². The van der Waals surface area contributed by atoms with Crippen molar-refractivity contribution in [2.45, 2.75) is 155 Å². The molecule has 9 aromatic rings. The third-order valence-corrected chi connectivity index (χ3v) is 25.7. The molecular weight excluding hydrogens is 1080 g/mol. The van der Waals surface area contributed by atoms with Gasteiger partial charge in [0.1, 0.15) is 0 Å². The molecule has 5 aliphatic rings. The van der Waals surface area contributed by atoms with Gasteiger partial charge in [0.2, 0.25) is 0 Å². The second-order valence-corrected chi connectivity index (χ2v) is 36.6. The topological polar surface area (TPSA) is 9.72 Å². The Balaban J connectivity index is 1.15. The minimum atomic E-state index is -0.898. The van der Waals surface area contributed by atoms with Crippen molar-refractivity contribution in [1.82, 2.24) is 0 Å². The maximum atomic E-state index is 2.89. The van der Waals surface area contributed by atoms with Gasteiger partial charge in [0, 0.05) is 56.0 Å². The first-order valence-corrected chi connectivity index (χ1v) is 35.6. The second-order valence-electron chi connectivity index (χ2n) is 32.0. The summed E-state index contributed by atoms with van der Waals surface area (Å²) in [5, 5.41) is 0.458. The van der Waals surface area contributed by atoms with Crippen molar-refractivity contribution in [3.8, 4) is 33.4 Å². The van der Waals surface area contributed by atoms with Crippen LogP contribution in [0.1, 0.15) is 156 Å². The van der Waals surface area contributed by atoms with Crippen LogP contribution < -0.4 is 31.1 Å². The molecule has 0 bridgehead atoms. The highest BCUT2D eigenvalue weighted by Crippen LogP contribution is 2.69. The molecule has 0 radical (unpaired) electrons. The molecule has 3 nitrogen and oxygen atoms in total. The van der Waals surface area contributed by atoms with Gasteiger partial charge in [-0.2, -0.15) is 0 Å². The summed E-state index contributed by atoms with van der Waals surface area (Å²) in [6, 6.07) is 76.1. The molecule has 0 saturated heterocycles. The first kappa shape index (κ1) is 58.5. The monoisotopic (exact) mass is 1170 g/mol. The van der Waals surface area contributed by atoms with E-state index in [2.05, 4.69) is 325 Å². The molecule has 1 saturated carbocycles. The smallest absolute Gasteiger partial charge is 0.252 e. The first-order chi connectivity index (χ1) is 41.5. The lowest BCUT2D eigenvalue weighted by atomic mass is 9.33. The lowest BCUT2D eigenvalue weighted by molar-refractivity contribution is -0.0311. The molecule has 2 aliphatic carbocycles. The van der Waals surface area contributed by atoms with E-state index in [-0.39, 0.29) is 44.7 Å². The summed E-state index contributed by atoms with van der Waals surface area (Å²) in [4.78, 5) is 8.35. The quantitative estimate of drug-likeness (QED) is 0.140. The second kappa shape index (κ2) is 19.9. The van der Waals surface area contributed by atoms with Gasteiger partial charge in [-0.25, -0.2) is 10.0 Å². The van der Waals surface area contributed by atoms with E-state index in [0.717, 1.165) is 31.4 Å². The largest absolute Gasteiger partial charge is 0.334 e. The molecule has 3 aliphatic heterocycles. The van der Waals surface area contributed by atoms with Gasteiger partial charge in [-0.05, 0) is 205 Å². The number of fused-ring (bicyclic) bond motifs is 8. The fourth-order valence-electron chi connectivity index (χ4n) is 16.9. The zero-order chi connectivity index (χ0) is 62.0. The van der Waals surface area contributed by atoms with E-state index in [9.17, 15) is 0 Å². The lowest BCUT2D eigenvalue weighted by Gasteiger charge is -2.61. The van der Waals surface area contributed by atoms with Crippen molar-refractivity contribution in [3.05, 3.63) is 222 Å². The van der Waals surface area contributed by atoms with E-state index in [1.807, 2.05) is 0 Å². The molecule has 0 amide bonds. The van der Waals surface area contributed by atoms with Gasteiger partial charge >= 0.3 is 0 Å². The van der Waals surface area contributed by atoms with Gasteiger partial charge in [0.15, 0.2) is 0 Å². The number of anilines is 8. The molecule has 5 heteroatoms. The molecule has 9 aromatic carbocycles. The van der Waals surface area contributed by atoms with Gasteiger partial charge in [-0.1, -0.05) is 230 Å². The molecule has 14 rings (SSSR count). The van der Waals surface area contributed by atoms with Crippen LogP contribution in [0.3, 0.4) is 0 Å². The molecule has 0 spiro atoms. The van der Waals surface area contributed by atoms with Gasteiger partial charge < -0.3 is 14.7 Å². The lowest BCUT2D eigenvalue weighted by Crippen LogP contribution is -2.63. The van der Waals surface area contributed by atoms with E-state index in [0.29, 0.717) is 5.25 Å². The van der Waals surface area contributed by atoms with Gasteiger partial charge in [0.05, 0.1) is 11.2 Å². The Morgan fingerprint density at radius 3 is 1.59 bits per heavy atom. The summed E-state index contributed by atoms with van der Waals surface area (Å²) in [7, 11) is -0.898. The third kappa shape index (κ3) is 8.95. The van der Waals surface area contributed by atoms with Crippen LogP contribution in [0.15, 0.2) is 194 Å². The summed E-state index contributed by atoms with van der Waals surface area (Å²) >= 11 is 0. The maximum Gasteiger partial charge on any atom is 0.252 e. The fraction of sp³-hybridized carbons (Fsp3) is 0.349. The first-order valence-electron chi connectivity index (χ1n) is 32.7. The third-order valence-electron chi connectivity index (χ3n) is 23.3. The summed E-state index contributed by atoms with van der Waals surface area (Å²) < 4.78 is 0. The number of nitrogens with zero attached hydrogens (tertiary/aromatic N) is 3. The van der Waals surface area contributed by atoms with E-state index < -0.39 is 10.0 Å². The van der Waals surface area contributed by atoms with E-state index in [1.54, 1.807) is 0 Å². The van der Waals surface area contributed by atoms with Crippen LogP contribution in [0.25, 0.3) is 33.4 Å². The van der Waals surface area contributed by atoms with Crippen LogP contribution in [0.2, 0.25) is 0 Å². The SMILES string of the molecule is C[C@H](c1ccc2c(c1)C1(C)CC(C)(C)C(C)(C)CC1(C)N2c1cc2c3c(c1)N(c1ccc(C(C)(C)C)cc1-c1ccccc1)c1cc4c(cc1B3c1ccc(-c3ccccc3)cc1N2c1cccc(-c2ccccc2)c1)C(C)(C)CCC4(C)C)S(C)(C)C. The van der Waals surface area contributed by atoms with Crippen LogP contribution in [0.4, 0.5) is 45.5 Å². The molecule has 448 valence electrons. The number of benzene rings is 9. The molecule has 88 heavy (non-hydrogen) atoms. The van der Waals surface area contributed by atoms with Crippen molar-refractivity contribution in [1.29, 1.82) is 0 Å².